The molecule has 0 fully saturated rings. The molecule has 1 unspecified atom stereocenters. The number of rotatable bonds is 30. The Kier molecular flexibility index (Phi) is 34.8. The standard InChI is InChI=1S/C41H64O4/c1-3-5-7-9-11-13-15-17-19-20-21-22-23-24-26-28-30-32-34-36-41(43)45-40(38-42)39-44-37-35-33-31-29-27-25-18-16-14-12-10-8-6-4-2/h5-8,11-14,17-19,21-22,24-26,29,31,40,42H,3-4,9-10,15-16,20,23,27-28,30,32-39H2,1-2H3/b7-5-,8-6-,13-11-,14-12-,19-17-,22-21-,25-18-,26-24-,31-29-. The number of aliphatic hydroxyl groups is 1. The number of unbranched alkanes of at least 4 members (excludes halogenated alkanes) is 4. The highest BCUT2D eigenvalue weighted by atomic mass is 16.6. The van der Waals surface area contributed by atoms with Crippen molar-refractivity contribution < 1.29 is 19.4 Å². The first-order chi connectivity index (χ1) is 22.2. The number of carbonyl (C=O) groups excluding carboxylic acids is 1. The van der Waals surface area contributed by atoms with Gasteiger partial charge in [0.2, 0.25) is 0 Å². The minimum Gasteiger partial charge on any atom is -0.457 e. The molecule has 0 aliphatic carbocycles. The van der Waals surface area contributed by atoms with Crippen LogP contribution in [0.3, 0.4) is 0 Å². The molecule has 0 aromatic heterocycles. The zero-order valence-electron chi connectivity index (χ0n) is 28.6. The van der Waals surface area contributed by atoms with E-state index in [1.54, 1.807) is 0 Å². The van der Waals surface area contributed by atoms with Crippen molar-refractivity contribution in [2.24, 2.45) is 0 Å². The number of allylic oxidation sites excluding steroid dienone is 18. The molecule has 0 aromatic carbocycles. The third-order valence-corrected chi connectivity index (χ3v) is 6.59. The average Bonchev–Trinajstić information content (AvgIpc) is 3.05. The van der Waals surface area contributed by atoms with Gasteiger partial charge < -0.3 is 14.6 Å². The predicted molar refractivity (Wildman–Crippen MR) is 195 cm³/mol. The van der Waals surface area contributed by atoms with Crippen molar-refractivity contribution in [3.8, 4) is 0 Å². The van der Waals surface area contributed by atoms with E-state index in [9.17, 15) is 9.90 Å². The van der Waals surface area contributed by atoms with Crippen molar-refractivity contribution in [2.75, 3.05) is 19.8 Å². The summed E-state index contributed by atoms with van der Waals surface area (Å²) in [6, 6.07) is 0. The van der Waals surface area contributed by atoms with Crippen LogP contribution in [0, 0.1) is 0 Å². The Morgan fingerprint density at radius 2 is 0.933 bits per heavy atom. The highest BCUT2D eigenvalue weighted by Crippen LogP contribution is 2.07. The van der Waals surface area contributed by atoms with Crippen LogP contribution in [-0.4, -0.2) is 37.0 Å². The summed E-state index contributed by atoms with van der Waals surface area (Å²) < 4.78 is 11.0. The Morgan fingerprint density at radius 1 is 0.533 bits per heavy atom. The minimum atomic E-state index is -0.587. The second-order valence-electron chi connectivity index (χ2n) is 10.8. The summed E-state index contributed by atoms with van der Waals surface area (Å²) in [4.78, 5) is 12.1. The van der Waals surface area contributed by atoms with Gasteiger partial charge in [-0.1, -0.05) is 130 Å². The van der Waals surface area contributed by atoms with Crippen molar-refractivity contribution >= 4 is 5.97 Å². The highest BCUT2D eigenvalue weighted by Gasteiger charge is 2.13. The van der Waals surface area contributed by atoms with E-state index in [-0.39, 0.29) is 19.2 Å². The van der Waals surface area contributed by atoms with Gasteiger partial charge in [-0.3, -0.25) is 4.79 Å². The Balaban J connectivity index is 3.68. The van der Waals surface area contributed by atoms with Crippen LogP contribution in [0.4, 0.5) is 0 Å². The van der Waals surface area contributed by atoms with Crippen LogP contribution < -0.4 is 0 Å². The first kappa shape index (κ1) is 42.0. The lowest BCUT2D eigenvalue weighted by Crippen LogP contribution is -2.27. The third kappa shape index (κ3) is 35.4. The molecule has 252 valence electrons. The molecule has 0 amide bonds. The topological polar surface area (TPSA) is 55.8 Å². The van der Waals surface area contributed by atoms with Gasteiger partial charge in [-0.15, -0.1) is 0 Å². The number of esters is 1. The molecule has 1 atom stereocenters. The van der Waals surface area contributed by atoms with E-state index >= 15 is 0 Å². The molecule has 0 rings (SSSR count). The largest absolute Gasteiger partial charge is 0.457 e. The van der Waals surface area contributed by atoms with E-state index in [0.29, 0.717) is 13.0 Å². The summed E-state index contributed by atoms with van der Waals surface area (Å²) in [7, 11) is 0. The summed E-state index contributed by atoms with van der Waals surface area (Å²) in [5, 5.41) is 9.53. The third-order valence-electron chi connectivity index (χ3n) is 6.59. The molecular weight excluding hydrogens is 556 g/mol. The summed E-state index contributed by atoms with van der Waals surface area (Å²) in [6.07, 6.45) is 54.2. The highest BCUT2D eigenvalue weighted by molar-refractivity contribution is 5.69. The van der Waals surface area contributed by atoms with Crippen LogP contribution in [0.1, 0.15) is 117 Å². The number of hydrogen-bond acceptors (Lipinski definition) is 4. The summed E-state index contributed by atoms with van der Waals surface area (Å²) in [5.41, 5.74) is 0. The van der Waals surface area contributed by atoms with Crippen LogP contribution in [0.15, 0.2) is 109 Å². The maximum absolute atomic E-state index is 12.1. The Labute approximate surface area is 276 Å². The summed E-state index contributed by atoms with van der Waals surface area (Å²) >= 11 is 0. The van der Waals surface area contributed by atoms with E-state index < -0.39 is 6.10 Å². The molecule has 0 aromatic rings. The molecule has 0 saturated carbocycles. The Bertz CT molecular complexity index is 914. The summed E-state index contributed by atoms with van der Waals surface area (Å²) in [5.74, 6) is -0.257. The predicted octanol–water partition coefficient (Wildman–Crippen LogP) is 11.2. The zero-order valence-corrected chi connectivity index (χ0v) is 28.6. The molecule has 1 N–H and O–H groups in total. The van der Waals surface area contributed by atoms with Gasteiger partial charge in [0.15, 0.2) is 0 Å². The first-order valence-corrected chi connectivity index (χ1v) is 17.5. The van der Waals surface area contributed by atoms with Gasteiger partial charge in [-0.2, -0.15) is 0 Å². The maximum atomic E-state index is 12.1. The van der Waals surface area contributed by atoms with E-state index in [2.05, 4.69) is 123 Å². The number of carbonyl (C=O) groups is 1. The lowest BCUT2D eigenvalue weighted by molar-refractivity contribution is -0.154. The molecule has 0 aliphatic rings. The normalized spacial score (nSPS) is 13.8. The second-order valence-corrected chi connectivity index (χ2v) is 10.8. The fourth-order valence-electron chi connectivity index (χ4n) is 4.06. The monoisotopic (exact) mass is 620 g/mol. The van der Waals surface area contributed by atoms with Crippen molar-refractivity contribution in [1.82, 2.24) is 0 Å². The van der Waals surface area contributed by atoms with Crippen LogP contribution in [0.25, 0.3) is 0 Å². The SMILES string of the molecule is CC/C=C\C/C=C\C/C=C\C/C=C\C/C=C\CCCCCC(=O)OC(CO)COCCC/C=C\C/C=C\C/C=C\C/C=C\CC. The van der Waals surface area contributed by atoms with E-state index in [1.807, 2.05) is 0 Å². The molecule has 0 spiro atoms. The lowest BCUT2D eigenvalue weighted by atomic mass is 10.1. The summed E-state index contributed by atoms with van der Waals surface area (Å²) in [6.45, 7) is 4.91. The Morgan fingerprint density at radius 3 is 1.36 bits per heavy atom. The van der Waals surface area contributed by atoms with Crippen LogP contribution in [-0.2, 0) is 14.3 Å². The average molecular weight is 621 g/mol. The van der Waals surface area contributed by atoms with E-state index in [1.165, 1.54) is 0 Å². The quantitative estimate of drug-likeness (QED) is 0.0493. The van der Waals surface area contributed by atoms with Gasteiger partial charge in [-0.25, -0.2) is 0 Å². The smallest absolute Gasteiger partial charge is 0.306 e. The fourth-order valence-corrected chi connectivity index (χ4v) is 4.06. The van der Waals surface area contributed by atoms with Crippen LogP contribution >= 0.6 is 0 Å². The van der Waals surface area contributed by atoms with E-state index in [4.69, 9.17) is 9.47 Å². The van der Waals surface area contributed by atoms with Crippen LogP contribution in [0.5, 0.6) is 0 Å². The van der Waals surface area contributed by atoms with Crippen molar-refractivity contribution in [1.29, 1.82) is 0 Å². The molecule has 0 radical (unpaired) electrons. The number of hydrogen-bond donors (Lipinski definition) is 1. The van der Waals surface area contributed by atoms with Crippen molar-refractivity contribution in [3.63, 3.8) is 0 Å². The van der Waals surface area contributed by atoms with Gasteiger partial charge in [0.1, 0.15) is 6.10 Å². The first-order valence-electron chi connectivity index (χ1n) is 17.5. The van der Waals surface area contributed by atoms with E-state index in [0.717, 1.165) is 96.3 Å². The van der Waals surface area contributed by atoms with Gasteiger partial charge in [-0.05, 0) is 89.9 Å². The van der Waals surface area contributed by atoms with Gasteiger partial charge >= 0.3 is 5.97 Å². The van der Waals surface area contributed by atoms with Crippen LogP contribution in [0.2, 0.25) is 0 Å². The minimum absolute atomic E-state index is 0.216. The molecular formula is C41H64O4. The molecule has 45 heavy (non-hydrogen) atoms. The van der Waals surface area contributed by atoms with Crippen molar-refractivity contribution in [2.45, 2.75) is 123 Å². The van der Waals surface area contributed by atoms with Gasteiger partial charge in [0.05, 0.1) is 13.2 Å². The maximum Gasteiger partial charge on any atom is 0.306 e. The molecule has 0 aliphatic heterocycles. The molecule has 4 heteroatoms. The lowest BCUT2D eigenvalue weighted by Gasteiger charge is -2.15. The fraction of sp³-hybridized carbons (Fsp3) is 0.537. The van der Waals surface area contributed by atoms with Gasteiger partial charge in [0.25, 0.3) is 0 Å². The molecule has 0 heterocycles. The zero-order chi connectivity index (χ0) is 32.7. The number of ether oxygens (including phenoxy) is 2. The molecule has 0 bridgehead atoms. The van der Waals surface area contributed by atoms with Gasteiger partial charge in [0, 0.05) is 13.0 Å². The molecule has 4 nitrogen and oxygen atoms in total. The number of aliphatic hydroxyl groups excluding tert-OH is 1. The molecule has 0 saturated heterocycles. The Hall–Kier alpha value is -2.95. The van der Waals surface area contributed by atoms with Crippen molar-refractivity contribution in [3.05, 3.63) is 109 Å². The second kappa shape index (κ2) is 37.2.